The van der Waals surface area contributed by atoms with E-state index in [4.69, 9.17) is 25.7 Å². The van der Waals surface area contributed by atoms with Crippen LogP contribution < -0.4 is 15.2 Å². The number of carbonyl (C=O) groups is 1. The first-order valence-electron chi connectivity index (χ1n) is 5.32. The number of nitriles is 2. The Morgan fingerprint density at radius 2 is 2.10 bits per heavy atom. The van der Waals surface area contributed by atoms with Gasteiger partial charge in [0, 0.05) is 0 Å². The van der Waals surface area contributed by atoms with Crippen molar-refractivity contribution < 1.29 is 14.3 Å². The largest absolute Gasteiger partial charge is 0.493 e. The molecule has 0 aliphatic rings. The van der Waals surface area contributed by atoms with Gasteiger partial charge in [-0.05, 0) is 39.7 Å². The third kappa shape index (κ3) is 4.01. The van der Waals surface area contributed by atoms with Gasteiger partial charge in [-0.2, -0.15) is 10.5 Å². The Morgan fingerprint density at radius 1 is 1.45 bits per heavy atom. The molecule has 0 fully saturated rings. The number of nitrogens with two attached hydrogens (primary N) is 1. The van der Waals surface area contributed by atoms with E-state index in [0.717, 1.165) is 0 Å². The molecule has 0 aromatic heterocycles. The highest BCUT2D eigenvalue weighted by molar-refractivity contribution is 9.10. The third-order valence-corrected chi connectivity index (χ3v) is 2.75. The standard InChI is InChI=1S/C13H10BrN3O3/c1-19-11-4-8(2-9(5-15)6-16)3-10(14)13(11)20-7-12(17)18/h2-4H,7H2,1H3,(H2,17,18). The number of nitrogens with zero attached hydrogens (tertiary/aromatic N) is 2. The smallest absolute Gasteiger partial charge is 0.255 e. The highest BCUT2D eigenvalue weighted by Crippen LogP contribution is 2.37. The number of primary amides is 1. The van der Waals surface area contributed by atoms with Crippen LogP contribution in [-0.4, -0.2) is 19.6 Å². The second-order valence-corrected chi connectivity index (χ2v) is 4.43. The van der Waals surface area contributed by atoms with Crippen molar-refractivity contribution in [2.24, 2.45) is 5.73 Å². The highest BCUT2D eigenvalue weighted by atomic mass is 79.9. The maximum atomic E-state index is 10.7. The molecule has 6 nitrogen and oxygen atoms in total. The summed E-state index contributed by atoms with van der Waals surface area (Å²) in [5.41, 5.74) is 5.56. The van der Waals surface area contributed by atoms with Crippen LogP contribution in [0.25, 0.3) is 6.08 Å². The van der Waals surface area contributed by atoms with Gasteiger partial charge in [0.15, 0.2) is 18.1 Å². The number of allylic oxidation sites excluding steroid dienone is 1. The topological polar surface area (TPSA) is 109 Å². The van der Waals surface area contributed by atoms with E-state index in [0.29, 0.717) is 21.5 Å². The maximum Gasteiger partial charge on any atom is 0.255 e. The number of amides is 1. The number of ether oxygens (including phenoxy) is 2. The van der Waals surface area contributed by atoms with Gasteiger partial charge < -0.3 is 15.2 Å². The van der Waals surface area contributed by atoms with E-state index < -0.39 is 5.91 Å². The van der Waals surface area contributed by atoms with Crippen LogP contribution in [0.5, 0.6) is 11.5 Å². The Morgan fingerprint density at radius 3 is 2.60 bits per heavy atom. The summed E-state index contributed by atoms with van der Waals surface area (Å²) in [6.45, 7) is -0.286. The highest BCUT2D eigenvalue weighted by Gasteiger charge is 2.12. The fourth-order valence-corrected chi connectivity index (χ4v) is 1.94. The van der Waals surface area contributed by atoms with E-state index in [-0.39, 0.29) is 12.2 Å². The molecule has 0 atom stereocenters. The fraction of sp³-hybridized carbons (Fsp3) is 0.154. The number of halogens is 1. The Labute approximate surface area is 124 Å². The van der Waals surface area contributed by atoms with Crippen molar-refractivity contribution in [1.29, 1.82) is 10.5 Å². The van der Waals surface area contributed by atoms with Crippen LogP contribution >= 0.6 is 15.9 Å². The minimum atomic E-state index is -0.612. The Bertz CT molecular complexity index is 625. The molecule has 0 bridgehead atoms. The van der Waals surface area contributed by atoms with E-state index in [1.807, 2.05) is 0 Å². The first kappa shape index (κ1) is 15.5. The zero-order valence-electron chi connectivity index (χ0n) is 10.5. The lowest BCUT2D eigenvalue weighted by molar-refractivity contribution is -0.119. The summed E-state index contributed by atoms with van der Waals surface area (Å²) in [5.74, 6) is 0.0557. The molecule has 2 N–H and O–H groups in total. The van der Waals surface area contributed by atoms with Gasteiger partial charge in [0.05, 0.1) is 11.6 Å². The molecule has 1 rings (SSSR count). The van der Waals surface area contributed by atoms with Crippen molar-refractivity contribution in [1.82, 2.24) is 0 Å². The summed E-state index contributed by atoms with van der Waals surface area (Å²) in [7, 11) is 1.43. The lowest BCUT2D eigenvalue weighted by Crippen LogP contribution is -2.20. The van der Waals surface area contributed by atoms with E-state index in [9.17, 15) is 4.79 Å². The lowest BCUT2D eigenvalue weighted by atomic mass is 10.1. The van der Waals surface area contributed by atoms with Crippen molar-refractivity contribution in [3.63, 3.8) is 0 Å². The number of benzene rings is 1. The zero-order valence-corrected chi connectivity index (χ0v) is 12.1. The van der Waals surface area contributed by atoms with Gasteiger partial charge in [0.25, 0.3) is 5.91 Å². The van der Waals surface area contributed by atoms with Crippen molar-refractivity contribution in [3.05, 3.63) is 27.7 Å². The monoisotopic (exact) mass is 335 g/mol. The molecule has 0 unspecified atom stereocenters. The molecule has 0 aliphatic carbocycles. The Hall–Kier alpha value is -2.51. The molecule has 0 aliphatic heterocycles. The zero-order chi connectivity index (χ0) is 15.1. The maximum absolute atomic E-state index is 10.7. The predicted octanol–water partition coefficient (Wildman–Crippen LogP) is 1.75. The molecule has 1 amide bonds. The van der Waals surface area contributed by atoms with Crippen molar-refractivity contribution in [3.8, 4) is 23.6 Å². The number of carbonyl (C=O) groups excluding carboxylic acids is 1. The number of hydrogen-bond acceptors (Lipinski definition) is 5. The summed E-state index contributed by atoms with van der Waals surface area (Å²) in [6.07, 6.45) is 1.41. The summed E-state index contributed by atoms with van der Waals surface area (Å²) >= 11 is 3.27. The summed E-state index contributed by atoms with van der Waals surface area (Å²) in [4.78, 5) is 10.7. The van der Waals surface area contributed by atoms with Gasteiger partial charge in [-0.1, -0.05) is 0 Å². The van der Waals surface area contributed by atoms with Crippen LogP contribution in [-0.2, 0) is 4.79 Å². The van der Waals surface area contributed by atoms with Crippen LogP contribution in [0.1, 0.15) is 5.56 Å². The SMILES string of the molecule is COc1cc(C=C(C#N)C#N)cc(Br)c1OCC(N)=O. The van der Waals surface area contributed by atoms with E-state index in [1.165, 1.54) is 13.2 Å². The first-order valence-corrected chi connectivity index (χ1v) is 6.11. The van der Waals surface area contributed by atoms with E-state index in [1.54, 1.807) is 24.3 Å². The number of methoxy groups -OCH3 is 1. The minimum Gasteiger partial charge on any atom is -0.493 e. The molecular weight excluding hydrogens is 326 g/mol. The number of rotatable bonds is 5. The summed E-state index contributed by atoms with van der Waals surface area (Å²) < 4.78 is 10.9. The average molecular weight is 336 g/mol. The summed E-state index contributed by atoms with van der Waals surface area (Å²) in [6, 6.07) is 6.74. The summed E-state index contributed by atoms with van der Waals surface area (Å²) in [5, 5.41) is 17.4. The molecule has 102 valence electrons. The van der Waals surface area contributed by atoms with Crippen LogP contribution in [0.15, 0.2) is 22.2 Å². The third-order valence-electron chi connectivity index (χ3n) is 2.16. The predicted molar refractivity (Wildman–Crippen MR) is 74.6 cm³/mol. The molecule has 0 heterocycles. The average Bonchev–Trinajstić information content (AvgIpc) is 2.42. The Kier molecular flexibility index (Phi) is 5.57. The van der Waals surface area contributed by atoms with E-state index >= 15 is 0 Å². The van der Waals surface area contributed by atoms with Gasteiger partial charge in [-0.15, -0.1) is 0 Å². The van der Waals surface area contributed by atoms with Crippen LogP contribution in [0, 0.1) is 22.7 Å². The first-order chi connectivity index (χ1) is 9.51. The van der Waals surface area contributed by atoms with Gasteiger partial charge in [-0.3, -0.25) is 4.79 Å². The second-order valence-electron chi connectivity index (χ2n) is 3.57. The molecular formula is C13H10BrN3O3. The van der Waals surface area contributed by atoms with Gasteiger partial charge in [0.1, 0.15) is 17.7 Å². The quantitative estimate of drug-likeness (QED) is 0.824. The molecule has 0 saturated heterocycles. The molecule has 7 heteroatoms. The Balaban J connectivity index is 3.21. The lowest BCUT2D eigenvalue weighted by Gasteiger charge is -2.12. The minimum absolute atomic E-state index is 0.0373. The van der Waals surface area contributed by atoms with Crippen molar-refractivity contribution in [2.45, 2.75) is 0 Å². The van der Waals surface area contributed by atoms with Crippen LogP contribution in [0.2, 0.25) is 0 Å². The van der Waals surface area contributed by atoms with Gasteiger partial charge in [0.2, 0.25) is 0 Å². The van der Waals surface area contributed by atoms with Gasteiger partial charge in [-0.25, -0.2) is 0 Å². The molecule has 1 aromatic rings. The van der Waals surface area contributed by atoms with Crippen LogP contribution in [0.3, 0.4) is 0 Å². The second kappa shape index (κ2) is 7.17. The normalized spacial score (nSPS) is 9.00. The fourth-order valence-electron chi connectivity index (χ4n) is 1.36. The van der Waals surface area contributed by atoms with Crippen molar-refractivity contribution >= 4 is 27.9 Å². The molecule has 20 heavy (non-hydrogen) atoms. The van der Waals surface area contributed by atoms with E-state index in [2.05, 4.69) is 15.9 Å². The number of hydrogen-bond donors (Lipinski definition) is 1. The van der Waals surface area contributed by atoms with Crippen LogP contribution in [0.4, 0.5) is 0 Å². The van der Waals surface area contributed by atoms with Crippen molar-refractivity contribution in [2.75, 3.05) is 13.7 Å². The molecule has 0 saturated carbocycles. The molecule has 0 radical (unpaired) electrons. The molecule has 1 aromatic carbocycles. The molecule has 0 spiro atoms. The van der Waals surface area contributed by atoms with Gasteiger partial charge >= 0.3 is 0 Å².